The molecule has 0 spiro atoms. The number of nitrogen functional groups attached to an aromatic ring is 3. The van der Waals surface area contributed by atoms with Crippen LogP contribution in [-0.4, -0.2) is 149 Å². The van der Waals surface area contributed by atoms with E-state index in [1.807, 2.05) is 27.7 Å². The van der Waals surface area contributed by atoms with Crippen molar-refractivity contribution < 1.29 is 61.6 Å². The van der Waals surface area contributed by atoms with Crippen LogP contribution in [0.25, 0.3) is 22.5 Å². The van der Waals surface area contributed by atoms with Crippen molar-refractivity contribution in [2.24, 2.45) is 5.73 Å². The maximum absolute atomic E-state index is 12.6. The molecule has 2 aliphatic carbocycles. The van der Waals surface area contributed by atoms with Crippen LogP contribution in [0, 0.1) is 0 Å². The highest BCUT2D eigenvalue weighted by molar-refractivity contribution is 6.67. The molecule has 1 saturated heterocycles. The van der Waals surface area contributed by atoms with Gasteiger partial charge in [0.1, 0.15) is 5.15 Å². The third-order valence-electron chi connectivity index (χ3n) is 16.9. The minimum atomic E-state index is -0.649. The maximum Gasteiger partial charge on any atom is 0.500 e. The van der Waals surface area contributed by atoms with Crippen molar-refractivity contribution in [1.82, 2.24) is 49.9 Å². The average Bonchev–Trinajstić information content (AvgIpc) is 1.55. The largest absolute Gasteiger partial charge is 0.500 e. The van der Waals surface area contributed by atoms with Gasteiger partial charge in [-0.05, 0) is 91.8 Å². The number of fused-ring (bicyclic) bond motifs is 3. The van der Waals surface area contributed by atoms with Gasteiger partial charge in [0.05, 0.1) is 171 Å². The molecule has 4 amide bonds. The Labute approximate surface area is 603 Å². The van der Waals surface area contributed by atoms with Crippen molar-refractivity contribution in [2.45, 2.75) is 143 Å². The van der Waals surface area contributed by atoms with Gasteiger partial charge < -0.3 is 80.4 Å². The minimum absolute atomic E-state index is 0.0569. The van der Waals surface area contributed by atoms with Crippen LogP contribution in [0.5, 0.6) is 34.5 Å². The van der Waals surface area contributed by atoms with Crippen LogP contribution < -0.4 is 62.1 Å². The van der Waals surface area contributed by atoms with E-state index in [0.717, 1.165) is 30.4 Å². The zero-order valence-electron chi connectivity index (χ0n) is 56.2. The summed E-state index contributed by atoms with van der Waals surface area (Å²) in [5.74, 6) is 2.44. The van der Waals surface area contributed by atoms with E-state index < -0.39 is 24.4 Å². The lowest BCUT2D eigenvalue weighted by Gasteiger charge is -2.32. The van der Waals surface area contributed by atoms with E-state index in [0.29, 0.717) is 159 Å². The third-order valence-corrected chi connectivity index (χ3v) is 19.0. The molecular weight excluding hydrogens is 1420 g/mol. The second kappa shape index (κ2) is 32.9. The number of rotatable bonds is 12. The van der Waals surface area contributed by atoms with Gasteiger partial charge in [0.25, 0.3) is 0 Å². The van der Waals surface area contributed by atoms with Gasteiger partial charge in [-0.3, -0.25) is 9.80 Å². The molecule has 12 rings (SSSR count). The predicted molar refractivity (Wildman–Crippen MR) is 377 cm³/mol. The first-order valence-electron chi connectivity index (χ1n) is 30.9. The number of anilines is 3. The van der Waals surface area contributed by atoms with Crippen LogP contribution in [0.2, 0.25) is 35.3 Å². The number of halogens is 7. The number of methoxy groups -OCH3 is 6. The number of nitrogens with zero attached hydrogens (tertiary/aromatic N) is 9. The summed E-state index contributed by atoms with van der Waals surface area (Å²) in [4.78, 5) is 66.2. The number of amides is 4. The number of urea groups is 1. The molecule has 0 bridgehead atoms. The first-order chi connectivity index (χ1) is 46.5. The van der Waals surface area contributed by atoms with Gasteiger partial charge >= 0.3 is 25.3 Å². The number of carbonyl (C=O) groups excluding carboxylic acids is 3. The summed E-state index contributed by atoms with van der Waals surface area (Å²) in [7, 11) is 8.34. The fraction of sp³-hybridized carbons (Fsp3) is 0.476. The number of ether oxygens (including phenoxy) is 8. The topological polar surface area (TPSA) is 347 Å². The maximum atomic E-state index is 12.6. The number of hydrogen-bond acceptors (Lipinski definition) is 23. The predicted octanol–water partition coefficient (Wildman–Crippen LogP) is 12.1. The summed E-state index contributed by atoms with van der Waals surface area (Å²) in [6.45, 7) is 13.9. The van der Waals surface area contributed by atoms with Gasteiger partial charge in [-0.1, -0.05) is 87.6 Å². The Kier molecular flexibility index (Phi) is 25.7. The number of hydrogen-bond donors (Lipinski definition) is 5. The number of nitrogens with one attached hydrogen (secondary N) is 1. The fourth-order valence-electron chi connectivity index (χ4n) is 10.8. The summed E-state index contributed by atoms with van der Waals surface area (Å²) in [5.41, 5.74) is 28.5. The van der Waals surface area contributed by atoms with Crippen LogP contribution in [0.15, 0.2) is 18.2 Å². The normalized spacial score (nSPS) is 15.9. The summed E-state index contributed by atoms with van der Waals surface area (Å²) >= 11 is 43.8. The lowest BCUT2D eigenvalue weighted by Crippen LogP contribution is -2.45. The highest BCUT2D eigenvalue weighted by Crippen LogP contribution is 2.51. The standard InChI is InChI=1S/C19H21Cl2N5O3.C17H18Cl2N4O4.C14H19BCl2O4.C9H11ClN4O2.C4H9N/c1-28-16-12(21)6-11(20)14(17(16)29-2)15-10-7-26(8-13(10)24-18(22)25-15)19(27)23-9-4-3-5-9;1-4-27-17(24)23-6-8-11(7-23)21-16(20)22-13(8)12-9(18)5-10(19)14(25-2)15(12)26-3;1-13(2)14(3,4)21-15(20-13)10-8(16)7-9(17)11(18-5)12(10)19-6;1-2-16-9(15)14-3-5-6(4-14)12-8(11)13-7(5)10;5-4-2-1-3-4/h6,9H,3-5,7-8H2,1-2H3,(H,23,27)(H2,22,24,25);5H,4,6-7H2,1-3H3,(H2,20,21,22);7H,1-6H3;2-4H2,1H3,(H2,11,12,13);4H,1-3,5H2. The number of benzene rings is 3. The highest BCUT2D eigenvalue weighted by atomic mass is 35.5. The highest BCUT2D eigenvalue weighted by Gasteiger charge is 2.54. The van der Waals surface area contributed by atoms with Gasteiger partial charge in [-0.15, -0.1) is 0 Å². The van der Waals surface area contributed by atoms with Crippen molar-refractivity contribution in [1.29, 1.82) is 0 Å². The monoisotopic (exact) mass is 1490 g/mol. The van der Waals surface area contributed by atoms with Crippen molar-refractivity contribution >= 4 is 130 Å². The van der Waals surface area contributed by atoms with E-state index in [4.69, 9.17) is 151 Å². The molecule has 27 nitrogen and oxygen atoms in total. The van der Waals surface area contributed by atoms with Crippen molar-refractivity contribution in [3.63, 3.8) is 0 Å². The quantitative estimate of drug-likeness (QED) is 0.0561. The van der Waals surface area contributed by atoms with E-state index in [1.54, 1.807) is 36.9 Å². The molecule has 4 aliphatic heterocycles. The molecule has 3 fully saturated rings. The van der Waals surface area contributed by atoms with Crippen LogP contribution >= 0.6 is 81.2 Å². The second-order valence-electron chi connectivity index (χ2n) is 23.7. The molecule has 0 atom stereocenters. The van der Waals surface area contributed by atoms with E-state index in [-0.39, 0.29) is 55.7 Å². The van der Waals surface area contributed by atoms with Gasteiger partial charge in [-0.2, -0.15) is 0 Å². The molecular formula is C63H78BCl7N14O13. The zero-order valence-corrected chi connectivity index (χ0v) is 61.4. The number of aromatic nitrogens is 6. The molecule has 9 N–H and O–H groups in total. The average molecular weight is 1500 g/mol. The lowest BCUT2D eigenvalue weighted by molar-refractivity contribution is 0.00578. The lowest BCUT2D eigenvalue weighted by atomic mass is 9.78. The summed E-state index contributed by atoms with van der Waals surface area (Å²) in [5, 5.41) is 5.40. The van der Waals surface area contributed by atoms with Gasteiger partial charge in [-0.25, -0.2) is 44.3 Å². The number of carbonyl (C=O) groups is 3. The minimum Gasteiger partial charge on any atom is -0.493 e. The summed E-state index contributed by atoms with van der Waals surface area (Å²) < 4.78 is 54.5. The summed E-state index contributed by atoms with van der Waals surface area (Å²) in [6, 6.07) is 5.41. The van der Waals surface area contributed by atoms with Gasteiger partial charge in [0.2, 0.25) is 17.8 Å². The molecule has 0 unspecified atom stereocenters. The molecule has 0 radical (unpaired) electrons. The van der Waals surface area contributed by atoms with Crippen molar-refractivity contribution in [2.75, 3.05) is 73.1 Å². The summed E-state index contributed by atoms with van der Waals surface area (Å²) in [6.07, 6.45) is 6.25. The van der Waals surface area contributed by atoms with E-state index in [1.165, 1.54) is 71.7 Å². The molecule has 3 aromatic heterocycles. The van der Waals surface area contributed by atoms with E-state index >= 15 is 0 Å². The smallest absolute Gasteiger partial charge is 0.493 e. The Bertz CT molecular complexity index is 3940. The first-order valence-corrected chi connectivity index (χ1v) is 33.5. The molecule has 98 heavy (non-hydrogen) atoms. The molecule has 35 heteroatoms. The Morgan fingerprint density at radius 1 is 0.510 bits per heavy atom. The van der Waals surface area contributed by atoms with Crippen LogP contribution in [-0.2, 0) is 58.1 Å². The fourth-order valence-corrected chi connectivity index (χ4v) is 12.9. The van der Waals surface area contributed by atoms with Crippen molar-refractivity contribution in [3.8, 4) is 57.0 Å². The van der Waals surface area contributed by atoms with Crippen LogP contribution in [0.3, 0.4) is 0 Å². The van der Waals surface area contributed by atoms with Crippen LogP contribution in [0.1, 0.15) is 114 Å². The van der Waals surface area contributed by atoms with Gasteiger partial charge in [0, 0.05) is 39.3 Å². The SMILES string of the molecule is CCOC(=O)N1Cc2nc(N)nc(-c3c(Cl)cc(Cl)c(OC)c3OC)c2C1.CCOC(=O)N1Cc2nc(N)nc(Cl)c2C1.COc1c(Cl)cc(Cl)c(-c2nc(N)nc3c2CN(C(=O)NC2CCC2)C3)c1OC.COc1c(Cl)cc(Cl)c(B2OC(C)(C)C(C)(C)O2)c1OC.NC1CCC1. The Morgan fingerprint density at radius 2 is 0.867 bits per heavy atom. The Morgan fingerprint density at radius 3 is 1.24 bits per heavy atom. The van der Waals surface area contributed by atoms with E-state index in [9.17, 15) is 14.4 Å². The van der Waals surface area contributed by atoms with Gasteiger partial charge in [0.15, 0.2) is 34.5 Å². The zero-order chi connectivity index (χ0) is 71.8. The molecule has 6 aromatic rings. The Balaban J connectivity index is 0.000000166. The van der Waals surface area contributed by atoms with E-state index in [2.05, 4.69) is 35.2 Å². The third kappa shape index (κ3) is 16.8. The molecule has 7 heterocycles. The Hall–Kier alpha value is -7.12. The number of nitrogens with two attached hydrogens (primary N) is 4. The van der Waals surface area contributed by atoms with Crippen LogP contribution in [0.4, 0.5) is 32.2 Å². The first kappa shape index (κ1) is 76.6. The molecule has 6 aliphatic rings. The molecule has 530 valence electrons. The molecule has 3 aromatic carbocycles. The molecule has 2 saturated carbocycles. The second-order valence-corrected chi connectivity index (χ2v) is 26.5. The van der Waals surface area contributed by atoms with Crippen molar-refractivity contribution in [3.05, 3.63) is 87.3 Å².